The van der Waals surface area contributed by atoms with Gasteiger partial charge in [-0.2, -0.15) is 10.4 Å². The molecule has 0 saturated carbocycles. The van der Waals surface area contributed by atoms with Crippen LogP contribution < -0.4 is 5.32 Å². The lowest BCUT2D eigenvalue weighted by Gasteiger charge is -2.07. The highest BCUT2D eigenvalue weighted by molar-refractivity contribution is 6.15. The Hall–Kier alpha value is -3.79. The molecule has 128 valence electrons. The van der Waals surface area contributed by atoms with Crippen molar-refractivity contribution < 1.29 is 9.59 Å². The van der Waals surface area contributed by atoms with Gasteiger partial charge in [0.2, 0.25) is 0 Å². The SMILES string of the molecule is N#CC(C(=O)Nc1ccccn1)C(=O)c1cnn(Cc2ccccc2)c1. The zero-order chi connectivity index (χ0) is 18.4. The number of pyridine rings is 1. The summed E-state index contributed by atoms with van der Waals surface area (Å²) in [5, 5.41) is 15.9. The van der Waals surface area contributed by atoms with Crippen LogP contribution in [0, 0.1) is 17.2 Å². The van der Waals surface area contributed by atoms with E-state index in [0.29, 0.717) is 6.54 Å². The molecule has 7 nitrogen and oxygen atoms in total. The number of nitrogens with zero attached hydrogens (tertiary/aromatic N) is 4. The van der Waals surface area contributed by atoms with Crippen molar-refractivity contribution in [1.82, 2.24) is 14.8 Å². The Balaban J connectivity index is 1.71. The van der Waals surface area contributed by atoms with Crippen molar-refractivity contribution in [3.05, 3.63) is 78.2 Å². The molecule has 0 saturated heterocycles. The normalized spacial score (nSPS) is 11.3. The second-order valence-corrected chi connectivity index (χ2v) is 5.54. The van der Waals surface area contributed by atoms with Crippen molar-refractivity contribution in [1.29, 1.82) is 5.26 Å². The van der Waals surface area contributed by atoms with E-state index in [4.69, 9.17) is 0 Å². The summed E-state index contributed by atoms with van der Waals surface area (Å²) >= 11 is 0. The van der Waals surface area contributed by atoms with Crippen LogP contribution in [0.15, 0.2) is 67.1 Å². The fourth-order valence-electron chi connectivity index (χ4n) is 2.39. The molecule has 26 heavy (non-hydrogen) atoms. The molecule has 3 rings (SSSR count). The highest BCUT2D eigenvalue weighted by atomic mass is 16.2. The van der Waals surface area contributed by atoms with Crippen molar-refractivity contribution in [3.63, 3.8) is 0 Å². The number of Topliss-reactive ketones (excluding diaryl/α,β-unsaturated/α-hetero) is 1. The minimum atomic E-state index is -1.47. The summed E-state index contributed by atoms with van der Waals surface area (Å²) in [7, 11) is 0. The Morgan fingerprint density at radius 1 is 1.15 bits per heavy atom. The fraction of sp³-hybridized carbons (Fsp3) is 0.105. The monoisotopic (exact) mass is 345 g/mol. The van der Waals surface area contributed by atoms with Gasteiger partial charge in [-0.05, 0) is 17.7 Å². The van der Waals surface area contributed by atoms with E-state index in [0.717, 1.165) is 5.56 Å². The van der Waals surface area contributed by atoms with Crippen LogP contribution in [-0.2, 0) is 11.3 Å². The van der Waals surface area contributed by atoms with Crippen molar-refractivity contribution in [2.45, 2.75) is 6.54 Å². The van der Waals surface area contributed by atoms with Crippen LogP contribution >= 0.6 is 0 Å². The van der Waals surface area contributed by atoms with Gasteiger partial charge in [0.1, 0.15) is 5.82 Å². The van der Waals surface area contributed by atoms with Gasteiger partial charge in [0.15, 0.2) is 11.7 Å². The van der Waals surface area contributed by atoms with Crippen molar-refractivity contribution in [3.8, 4) is 6.07 Å². The highest BCUT2D eigenvalue weighted by Gasteiger charge is 2.28. The van der Waals surface area contributed by atoms with Gasteiger partial charge in [0.05, 0.1) is 24.4 Å². The van der Waals surface area contributed by atoms with Gasteiger partial charge in [-0.25, -0.2) is 4.98 Å². The molecule has 7 heteroatoms. The van der Waals surface area contributed by atoms with Crippen LogP contribution in [0.1, 0.15) is 15.9 Å². The third kappa shape index (κ3) is 3.99. The minimum absolute atomic E-state index is 0.212. The zero-order valence-electron chi connectivity index (χ0n) is 13.7. The molecule has 0 radical (unpaired) electrons. The molecule has 0 aliphatic carbocycles. The average Bonchev–Trinajstić information content (AvgIpc) is 3.12. The van der Waals surface area contributed by atoms with Crippen LogP contribution in [0.25, 0.3) is 0 Å². The number of benzene rings is 1. The molecule has 1 atom stereocenters. The van der Waals surface area contributed by atoms with E-state index in [-0.39, 0.29) is 11.4 Å². The van der Waals surface area contributed by atoms with Gasteiger partial charge < -0.3 is 5.32 Å². The van der Waals surface area contributed by atoms with E-state index >= 15 is 0 Å². The van der Waals surface area contributed by atoms with Gasteiger partial charge in [-0.1, -0.05) is 36.4 Å². The predicted octanol–water partition coefficient (Wildman–Crippen LogP) is 2.29. The second kappa shape index (κ2) is 7.85. The van der Waals surface area contributed by atoms with E-state index in [1.165, 1.54) is 18.6 Å². The number of hydrogen-bond donors (Lipinski definition) is 1. The number of nitrogens with one attached hydrogen (secondary N) is 1. The molecule has 0 fully saturated rings. The maximum absolute atomic E-state index is 12.5. The number of anilines is 1. The lowest BCUT2D eigenvalue weighted by atomic mass is 10.0. The first-order chi connectivity index (χ1) is 12.7. The van der Waals surface area contributed by atoms with E-state index in [9.17, 15) is 14.9 Å². The standard InChI is InChI=1S/C19H15N5O2/c20-10-16(19(26)23-17-8-4-5-9-21-17)18(25)15-11-22-24(13-15)12-14-6-2-1-3-7-14/h1-9,11,13,16H,12H2,(H,21,23,26). The summed E-state index contributed by atoms with van der Waals surface area (Å²) in [5.41, 5.74) is 1.24. The van der Waals surface area contributed by atoms with Crippen LogP contribution in [0.2, 0.25) is 0 Å². The van der Waals surface area contributed by atoms with Gasteiger partial charge in [0, 0.05) is 12.4 Å². The molecule has 3 aromatic rings. The van der Waals surface area contributed by atoms with Crippen LogP contribution in [0.4, 0.5) is 5.82 Å². The summed E-state index contributed by atoms with van der Waals surface area (Å²) in [6.07, 6.45) is 4.41. The summed E-state index contributed by atoms with van der Waals surface area (Å²) < 4.78 is 1.59. The number of carbonyl (C=O) groups excluding carboxylic acids is 2. The molecule has 1 unspecified atom stereocenters. The molecule has 1 amide bonds. The Morgan fingerprint density at radius 3 is 2.62 bits per heavy atom. The number of ketones is 1. The first-order valence-electron chi connectivity index (χ1n) is 7.89. The summed E-state index contributed by atoms with van der Waals surface area (Å²) in [4.78, 5) is 28.7. The number of amides is 1. The van der Waals surface area contributed by atoms with Gasteiger partial charge in [-0.3, -0.25) is 14.3 Å². The first-order valence-corrected chi connectivity index (χ1v) is 7.89. The van der Waals surface area contributed by atoms with E-state index < -0.39 is 17.6 Å². The fourth-order valence-corrected chi connectivity index (χ4v) is 2.39. The Labute approximate surface area is 149 Å². The van der Waals surface area contributed by atoms with E-state index in [2.05, 4.69) is 15.4 Å². The number of aromatic nitrogens is 3. The Kier molecular flexibility index (Phi) is 5.15. The topological polar surface area (TPSA) is 101 Å². The third-order valence-corrected chi connectivity index (χ3v) is 3.67. The minimum Gasteiger partial charge on any atom is -0.309 e. The average molecular weight is 345 g/mol. The van der Waals surface area contributed by atoms with Gasteiger partial charge >= 0.3 is 0 Å². The number of carbonyl (C=O) groups is 2. The largest absolute Gasteiger partial charge is 0.309 e. The number of hydrogen-bond acceptors (Lipinski definition) is 5. The van der Waals surface area contributed by atoms with Crippen LogP contribution in [0.3, 0.4) is 0 Å². The van der Waals surface area contributed by atoms with Gasteiger partial charge in [-0.15, -0.1) is 0 Å². The molecule has 2 aromatic heterocycles. The van der Waals surface area contributed by atoms with Crippen molar-refractivity contribution in [2.24, 2.45) is 5.92 Å². The number of nitriles is 1. The lowest BCUT2D eigenvalue weighted by Crippen LogP contribution is -2.28. The lowest BCUT2D eigenvalue weighted by molar-refractivity contribution is -0.117. The maximum atomic E-state index is 12.5. The molecular weight excluding hydrogens is 330 g/mol. The molecule has 0 spiro atoms. The number of rotatable bonds is 6. The predicted molar refractivity (Wildman–Crippen MR) is 94.1 cm³/mol. The van der Waals surface area contributed by atoms with Crippen LogP contribution in [0.5, 0.6) is 0 Å². The Bertz CT molecular complexity index is 945. The molecular formula is C19H15N5O2. The van der Waals surface area contributed by atoms with E-state index in [1.54, 1.807) is 29.0 Å². The smallest absolute Gasteiger partial charge is 0.250 e. The molecule has 2 heterocycles. The Morgan fingerprint density at radius 2 is 1.92 bits per heavy atom. The first kappa shape index (κ1) is 17.0. The zero-order valence-corrected chi connectivity index (χ0v) is 13.7. The molecule has 1 aromatic carbocycles. The quantitative estimate of drug-likeness (QED) is 0.546. The second-order valence-electron chi connectivity index (χ2n) is 5.54. The maximum Gasteiger partial charge on any atom is 0.250 e. The molecule has 0 bridgehead atoms. The highest BCUT2D eigenvalue weighted by Crippen LogP contribution is 2.12. The van der Waals surface area contributed by atoms with Crippen LogP contribution in [-0.4, -0.2) is 26.5 Å². The van der Waals surface area contributed by atoms with Crippen molar-refractivity contribution in [2.75, 3.05) is 5.32 Å². The summed E-state index contributed by atoms with van der Waals surface area (Å²) in [6, 6.07) is 16.4. The molecule has 0 aliphatic rings. The third-order valence-electron chi connectivity index (χ3n) is 3.67. The summed E-state index contributed by atoms with van der Waals surface area (Å²) in [5.74, 6) is -2.50. The summed E-state index contributed by atoms with van der Waals surface area (Å²) in [6.45, 7) is 0.492. The molecule has 0 aliphatic heterocycles. The van der Waals surface area contributed by atoms with E-state index in [1.807, 2.05) is 30.3 Å². The van der Waals surface area contributed by atoms with Gasteiger partial charge in [0.25, 0.3) is 5.91 Å². The van der Waals surface area contributed by atoms with Crippen molar-refractivity contribution >= 4 is 17.5 Å². The molecule has 1 N–H and O–H groups in total.